The quantitative estimate of drug-likeness (QED) is 0.467. The Morgan fingerprint density at radius 3 is 3.10 bits per heavy atom. The maximum Gasteiger partial charge on any atom is 0.224 e. The minimum Gasteiger partial charge on any atom is -0.479 e. The third kappa shape index (κ3) is 5.67. The lowest BCUT2D eigenvalue weighted by molar-refractivity contribution is 0.346. The van der Waals surface area contributed by atoms with E-state index in [1.807, 2.05) is 6.92 Å². The third-order valence-electron chi connectivity index (χ3n) is 0.591. The Hall–Kier alpha value is -0.460. The Morgan fingerprint density at radius 1 is 1.90 bits per heavy atom. The van der Waals surface area contributed by atoms with Crippen molar-refractivity contribution in [1.29, 1.82) is 0 Å². The van der Waals surface area contributed by atoms with Crippen LogP contribution >= 0.6 is 24.0 Å². The second-order valence-corrected chi connectivity index (χ2v) is 2.78. The van der Waals surface area contributed by atoms with Crippen LogP contribution in [0.1, 0.15) is 6.92 Å². The van der Waals surface area contributed by atoms with Crippen LogP contribution in [0, 0.1) is 12.3 Å². The molecule has 0 bridgehead atoms. The second-order valence-electron chi connectivity index (χ2n) is 1.27. The first-order valence-electron chi connectivity index (χ1n) is 2.75. The normalized spacial score (nSPS) is 9.20. The fourth-order valence-electron chi connectivity index (χ4n) is 0.281. The molecule has 10 heavy (non-hydrogen) atoms. The Labute approximate surface area is 70.8 Å². The molecule has 0 aromatic carbocycles. The summed E-state index contributed by atoms with van der Waals surface area (Å²) >= 11 is 6.10. The molecule has 0 saturated carbocycles. The Bertz CT molecular complexity index is 167. The highest BCUT2D eigenvalue weighted by Crippen LogP contribution is 2.06. The van der Waals surface area contributed by atoms with E-state index < -0.39 is 0 Å². The molecule has 3 heteroatoms. The van der Waals surface area contributed by atoms with Crippen LogP contribution in [-0.2, 0) is 4.74 Å². The fourth-order valence-corrected chi connectivity index (χ4v) is 1.01. The largest absolute Gasteiger partial charge is 0.479 e. The molecule has 0 aliphatic heterocycles. The SMILES string of the molecule is C#CC=CSC(=S)OCC. The second kappa shape index (κ2) is 6.66. The molecular formula is C7H8OS2. The van der Waals surface area contributed by atoms with Crippen molar-refractivity contribution in [3.63, 3.8) is 0 Å². The minimum atomic E-state index is 0.508. The molecule has 0 amide bonds. The van der Waals surface area contributed by atoms with Crippen molar-refractivity contribution < 1.29 is 4.74 Å². The van der Waals surface area contributed by atoms with Crippen molar-refractivity contribution >= 4 is 28.4 Å². The number of allylic oxidation sites excluding steroid dienone is 1. The van der Waals surface area contributed by atoms with Gasteiger partial charge in [0.1, 0.15) is 0 Å². The first-order valence-corrected chi connectivity index (χ1v) is 4.04. The molecular weight excluding hydrogens is 164 g/mol. The molecule has 0 fully saturated rings. The molecule has 0 atom stereocenters. The van der Waals surface area contributed by atoms with Gasteiger partial charge >= 0.3 is 0 Å². The molecule has 0 saturated heterocycles. The number of ether oxygens (including phenoxy) is 1. The van der Waals surface area contributed by atoms with Gasteiger partial charge in [0.15, 0.2) is 0 Å². The van der Waals surface area contributed by atoms with E-state index in [1.165, 1.54) is 11.8 Å². The van der Waals surface area contributed by atoms with E-state index in [2.05, 4.69) is 5.92 Å². The van der Waals surface area contributed by atoms with E-state index in [0.717, 1.165) is 0 Å². The average molecular weight is 172 g/mol. The Kier molecular flexibility index (Phi) is 6.35. The van der Waals surface area contributed by atoms with Crippen LogP contribution in [0.4, 0.5) is 0 Å². The Morgan fingerprint density at radius 2 is 2.60 bits per heavy atom. The van der Waals surface area contributed by atoms with E-state index in [9.17, 15) is 0 Å². The molecule has 1 nitrogen and oxygen atoms in total. The van der Waals surface area contributed by atoms with E-state index in [0.29, 0.717) is 11.0 Å². The zero-order valence-corrected chi connectivity index (χ0v) is 7.30. The van der Waals surface area contributed by atoms with Crippen LogP contribution in [-0.4, -0.2) is 11.0 Å². The van der Waals surface area contributed by atoms with Crippen molar-refractivity contribution in [1.82, 2.24) is 0 Å². The van der Waals surface area contributed by atoms with Gasteiger partial charge in [0.05, 0.1) is 6.61 Å². The van der Waals surface area contributed by atoms with Gasteiger partial charge < -0.3 is 4.74 Å². The summed E-state index contributed by atoms with van der Waals surface area (Å²) in [5, 5.41) is 1.72. The zero-order valence-electron chi connectivity index (χ0n) is 5.66. The first kappa shape index (κ1) is 9.54. The molecule has 0 radical (unpaired) electrons. The summed E-state index contributed by atoms with van der Waals surface area (Å²) in [6, 6.07) is 0. The van der Waals surface area contributed by atoms with Crippen LogP contribution in [0.15, 0.2) is 11.5 Å². The van der Waals surface area contributed by atoms with Gasteiger partial charge in [-0.05, 0) is 42.4 Å². The van der Waals surface area contributed by atoms with Gasteiger partial charge in [-0.25, -0.2) is 0 Å². The molecule has 54 valence electrons. The van der Waals surface area contributed by atoms with E-state index in [-0.39, 0.29) is 0 Å². The fraction of sp³-hybridized carbons (Fsp3) is 0.286. The van der Waals surface area contributed by atoms with Crippen molar-refractivity contribution in [3.8, 4) is 12.3 Å². The highest BCUT2D eigenvalue weighted by atomic mass is 32.2. The first-order chi connectivity index (χ1) is 4.81. The maximum atomic E-state index is 4.96. The zero-order chi connectivity index (χ0) is 7.82. The number of rotatable bonds is 2. The van der Waals surface area contributed by atoms with Gasteiger partial charge in [0, 0.05) is 0 Å². The van der Waals surface area contributed by atoms with Gasteiger partial charge in [-0.3, -0.25) is 0 Å². The minimum absolute atomic E-state index is 0.508. The molecule has 0 aromatic rings. The van der Waals surface area contributed by atoms with Gasteiger partial charge in [-0.2, -0.15) is 0 Å². The molecule has 0 unspecified atom stereocenters. The highest BCUT2D eigenvalue weighted by Gasteiger charge is 1.90. The summed E-state index contributed by atoms with van der Waals surface area (Å²) in [4.78, 5) is 0. The van der Waals surface area contributed by atoms with Crippen molar-refractivity contribution in [2.75, 3.05) is 6.61 Å². The van der Waals surface area contributed by atoms with Crippen LogP contribution in [0.5, 0.6) is 0 Å². The van der Waals surface area contributed by atoms with Crippen LogP contribution in [0.2, 0.25) is 0 Å². The monoisotopic (exact) mass is 172 g/mol. The van der Waals surface area contributed by atoms with Gasteiger partial charge in [-0.15, -0.1) is 6.42 Å². The van der Waals surface area contributed by atoms with Crippen molar-refractivity contribution in [2.24, 2.45) is 0 Å². The predicted octanol–water partition coefficient (Wildman–Crippen LogP) is 2.19. The van der Waals surface area contributed by atoms with Crippen LogP contribution in [0.25, 0.3) is 0 Å². The van der Waals surface area contributed by atoms with Crippen molar-refractivity contribution in [3.05, 3.63) is 11.5 Å². The molecule has 0 aliphatic rings. The molecule has 0 aromatic heterocycles. The lowest BCUT2D eigenvalue weighted by Crippen LogP contribution is -1.92. The van der Waals surface area contributed by atoms with Gasteiger partial charge in [-0.1, -0.05) is 5.92 Å². The maximum absolute atomic E-state index is 4.96. The van der Waals surface area contributed by atoms with Crippen LogP contribution < -0.4 is 0 Å². The van der Waals surface area contributed by atoms with E-state index >= 15 is 0 Å². The smallest absolute Gasteiger partial charge is 0.224 e. The number of hydrogen-bond acceptors (Lipinski definition) is 3. The molecule has 0 aliphatic carbocycles. The van der Waals surface area contributed by atoms with Crippen LogP contribution in [0.3, 0.4) is 0 Å². The summed E-state index contributed by atoms with van der Waals surface area (Å²) < 4.78 is 5.47. The summed E-state index contributed by atoms with van der Waals surface area (Å²) in [6.45, 7) is 2.49. The number of terminal acetylenes is 1. The van der Waals surface area contributed by atoms with E-state index in [1.54, 1.807) is 11.5 Å². The standard InChI is InChI=1S/C7H8OS2/c1-3-5-6-10-7(9)8-4-2/h1,5-6H,4H2,2H3. The lowest BCUT2D eigenvalue weighted by Gasteiger charge is -1.97. The molecule has 0 heterocycles. The third-order valence-corrected chi connectivity index (χ3v) is 1.58. The number of hydrogen-bond donors (Lipinski definition) is 0. The summed E-state index contributed by atoms with van der Waals surface area (Å²) in [7, 11) is 0. The van der Waals surface area contributed by atoms with Gasteiger partial charge in [0.2, 0.25) is 4.38 Å². The molecule has 0 spiro atoms. The Balaban J connectivity index is 3.41. The average Bonchev–Trinajstić information content (AvgIpc) is 1.89. The van der Waals surface area contributed by atoms with Gasteiger partial charge in [0.25, 0.3) is 0 Å². The topological polar surface area (TPSA) is 9.23 Å². The highest BCUT2D eigenvalue weighted by molar-refractivity contribution is 8.24. The molecule has 0 rings (SSSR count). The van der Waals surface area contributed by atoms with E-state index in [4.69, 9.17) is 23.4 Å². The summed E-state index contributed by atoms with van der Waals surface area (Å²) in [5.41, 5.74) is 0. The number of thioether (sulfide) groups is 1. The number of thiocarbonyl (C=S) groups is 1. The van der Waals surface area contributed by atoms with Crippen molar-refractivity contribution in [2.45, 2.75) is 6.92 Å². The summed E-state index contributed by atoms with van der Waals surface area (Å²) in [5.74, 6) is 2.35. The summed E-state index contributed by atoms with van der Waals surface area (Å²) in [6.07, 6.45) is 6.53. The molecule has 0 N–H and O–H groups in total. The predicted molar refractivity (Wildman–Crippen MR) is 49.8 cm³/mol. The lowest BCUT2D eigenvalue weighted by atomic mass is 10.7.